The topological polar surface area (TPSA) is 0 Å². The van der Waals surface area contributed by atoms with Gasteiger partial charge in [0.2, 0.25) is 0 Å². The van der Waals surface area contributed by atoms with Gasteiger partial charge in [-0.05, 0) is 13.3 Å². The first-order valence-corrected chi connectivity index (χ1v) is 3.64. The van der Waals surface area contributed by atoms with Crippen molar-refractivity contribution in [3.63, 3.8) is 0 Å². The van der Waals surface area contributed by atoms with E-state index in [-0.39, 0.29) is 6.42 Å². The lowest BCUT2D eigenvalue weighted by atomic mass is 9.63. The molecule has 0 aliphatic heterocycles. The van der Waals surface area contributed by atoms with E-state index in [2.05, 4.69) is 0 Å². The Labute approximate surface area is 66.8 Å². The van der Waals surface area contributed by atoms with Crippen LogP contribution in [0.5, 0.6) is 0 Å². The van der Waals surface area contributed by atoms with Gasteiger partial charge in [0.1, 0.15) is 0 Å². The Morgan fingerprint density at radius 2 is 1.50 bits per heavy atom. The van der Waals surface area contributed by atoms with Crippen LogP contribution in [0.1, 0.15) is 20.3 Å². The van der Waals surface area contributed by atoms with Crippen LogP contribution in [-0.2, 0) is 0 Å². The number of alkyl halides is 5. The van der Waals surface area contributed by atoms with Crippen molar-refractivity contribution in [1.82, 2.24) is 0 Å². The second kappa shape index (κ2) is 2.12. The van der Waals surface area contributed by atoms with Crippen LogP contribution in [0.4, 0.5) is 22.0 Å². The van der Waals surface area contributed by atoms with Crippen molar-refractivity contribution >= 4 is 0 Å². The third-order valence-corrected chi connectivity index (χ3v) is 2.53. The molecule has 2 unspecified atom stereocenters. The lowest BCUT2D eigenvalue weighted by Gasteiger charge is -2.53. The van der Waals surface area contributed by atoms with Gasteiger partial charge in [-0.1, -0.05) is 6.92 Å². The van der Waals surface area contributed by atoms with Crippen molar-refractivity contribution in [2.24, 2.45) is 5.92 Å². The normalized spacial score (nSPS) is 43.8. The minimum Gasteiger partial charge on any atom is -0.237 e. The van der Waals surface area contributed by atoms with E-state index in [0.717, 1.165) is 0 Å². The van der Waals surface area contributed by atoms with E-state index in [1.54, 1.807) is 0 Å². The van der Waals surface area contributed by atoms with Gasteiger partial charge in [0.15, 0.2) is 5.67 Å². The largest absolute Gasteiger partial charge is 0.343 e. The summed E-state index contributed by atoms with van der Waals surface area (Å²) in [6, 6.07) is 0. The molecule has 1 saturated carbocycles. The van der Waals surface area contributed by atoms with Crippen LogP contribution in [0.3, 0.4) is 0 Å². The molecule has 1 fully saturated rings. The van der Waals surface area contributed by atoms with Crippen molar-refractivity contribution < 1.29 is 22.0 Å². The van der Waals surface area contributed by atoms with Gasteiger partial charge in [0, 0.05) is 0 Å². The van der Waals surface area contributed by atoms with Crippen LogP contribution in [0, 0.1) is 5.92 Å². The number of hydrogen-bond acceptors (Lipinski definition) is 0. The summed E-state index contributed by atoms with van der Waals surface area (Å²) in [5.41, 5.74) is -3.06. The van der Waals surface area contributed by atoms with Gasteiger partial charge in [-0.25, -0.2) is 4.39 Å². The van der Waals surface area contributed by atoms with E-state index in [4.69, 9.17) is 0 Å². The average Bonchev–Trinajstić information content (AvgIpc) is 1.86. The molecule has 0 aromatic carbocycles. The van der Waals surface area contributed by atoms with E-state index in [1.807, 2.05) is 0 Å². The third-order valence-electron chi connectivity index (χ3n) is 2.53. The van der Waals surface area contributed by atoms with E-state index in [0.29, 0.717) is 6.92 Å². The first kappa shape index (κ1) is 9.74. The minimum atomic E-state index is -4.51. The fourth-order valence-corrected chi connectivity index (χ4v) is 1.67. The zero-order chi connectivity index (χ0) is 9.78. The number of halogens is 5. The molecule has 1 aliphatic carbocycles. The summed E-state index contributed by atoms with van der Waals surface area (Å²) in [6.07, 6.45) is -0.282. The first-order chi connectivity index (χ1) is 5.19. The maximum atomic E-state index is 12.9. The fourth-order valence-electron chi connectivity index (χ4n) is 1.67. The molecule has 0 saturated heterocycles. The number of hydrogen-bond donors (Lipinski definition) is 0. The highest BCUT2D eigenvalue weighted by Gasteiger charge is 2.85. The monoisotopic (exact) mass is 188 g/mol. The molecule has 12 heavy (non-hydrogen) atoms. The zero-order valence-corrected chi connectivity index (χ0v) is 6.67. The van der Waals surface area contributed by atoms with Crippen LogP contribution in [-0.4, -0.2) is 17.5 Å². The molecule has 0 spiro atoms. The number of rotatable bonds is 1. The van der Waals surface area contributed by atoms with E-state index in [1.165, 1.54) is 6.92 Å². The standard InChI is InChI=1S/C7H9F5/c1-3-4-5(2,8)7(11,12)6(4,9)10/h4H,3H2,1-2H3. The van der Waals surface area contributed by atoms with Crippen molar-refractivity contribution in [1.29, 1.82) is 0 Å². The van der Waals surface area contributed by atoms with Crippen LogP contribution in [0.2, 0.25) is 0 Å². The van der Waals surface area contributed by atoms with Gasteiger partial charge >= 0.3 is 11.8 Å². The molecule has 0 bridgehead atoms. The summed E-state index contributed by atoms with van der Waals surface area (Å²) < 4.78 is 62.7. The maximum Gasteiger partial charge on any atom is 0.343 e. The minimum absolute atomic E-state index is 0.282. The van der Waals surface area contributed by atoms with Gasteiger partial charge in [0.05, 0.1) is 5.92 Å². The summed E-state index contributed by atoms with van der Waals surface area (Å²) in [5.74, 6) is -10.6. The molecule has 0 aromatic heterocycles. The fraction of sp³-hybridized carbons (Fsp3) is 1.00. The molecular formula is C7H9F5. The molecule has 72 valence electrons. The molecule has 0 radical (unpaired) electrons. The van der Waals surface area contributed by atoms with Crippen LogP contribution in [0.15, 0.2) is 0 Å². The molecule has 1 rings (SSSR count). The van der Waals surface area contributed by atoms with E-state index in [9.17, 15) is 22.0 Å². The second-order valence-electron chi connectivity index (χ2n) is 3.23. The van der Waals surface area contributed by atoms with Crippen LogP contribution in [0.25, 0.3) is 0 Å². The highest BCUT2D eigenvalue weighted by molar-refractivity contribution is 5.18. The SMILES string of the molecule is CCC1C(C)(F)C(F)(F)C1(F)F. The van der Waals surface area contributed by atoms with Crippen LogP contribution < -0.4 is 0 Å². The Kier molecular flexibility index (Phi) is 1.72. The van der Waals surface area contributed by atoms with Gasteiger partial charge in [-0.2, -0.15) is 17.6 Å². The zero-order valence-electron chi connectivity index (χ0n) is 6.67. The second-order valence-corrected chi connectivity index (χ2v) is 3.23. The predicted octanol–water partition coefficient (Wildman–Crippen LogP) is 3.03. The highest BCUT2D eigenvalue weighted by Crippen LogP contribution is 2.64. The lowest BCUT2D eigenvalue weighted by molar-refractivity contribution is -0.391. The summed E-state index contributed by atoms with van der Waals surface area (Å²) in [7, 11) is 0. The Morgan fingerprint density at radius 1 is 1.08 bits per heavy atom. The third kappa shape index (κ3) is 0.721. The molecule has 0 amide bonds. The molecule has 2 atom stereocenters. The smallest absolute Gasteiger partial charge is 0.237 e. The van der Waals surface area contributed by atoms with Crippen LogP contribution >= 0.6 is 0 Å². The Bertz CT molecular complexity index is 178. The van der Waals surface area contributed by atoms with Gasteiger partial charge in [-0.15, -0.1) is 0 Å². The molecule has 0 N–H and O–H groups in total. The van der Waals surface area contributed by atoms with Crippen molar-refractivity contribution in [2.45, 2.75) is 37.8 Å². The Hall–Kier alpha value is -0.350. The molecule has 5 heteroatoms. The molecule has 0 nitrogen and oxygen atoms in total. The molecular weight excluding hydrogens is 179 g/mol. The maximum absolute atomic E-state index is 12.9. The quantitative estimate of drug-likeness (QED) is 0.555. The summed E-state index contributed by atoms with van der Waals surface area (Å²) >= 11 is 0. The Morgan fingerprint density at radius 3 is 1.67 bits per heavy atom. The predicted molar refractivity (Wildman–Crippen MR) is 33.2 cm³/mol. The van der Waals surface area contributed by atoms with Gasteiger partial charge in [0.25, 0.3) is 0 Å². The van der Waals surface area contributed by atoms with E-state index >= 15 is 0 Å². The summed E-state index contributed by atoms with van der Waals surface area (Å²) in [6.45, 7) is 1.80. The summed E-state index contributed by atoms with van der Waals surface area (Å²) in [4.78, 5) is 0. The van der Waals surface area contributed by atoms with Crippen molar-refractivity contribution in [3.8, 4) is 0 Å². The van der Waals surface area contributed by atoms with Gasteiger partial charge in [-0.3, -0.25) is 0 Å². The van der Waals surface area contributed by atoms with Crippen molar-refractivity contribution in [2.75, 3.05) is 0 Å². The summed E-state index contributed by atoms with van der Waals surface area (Å²) in [5, 5.41) is 0. The molecule has 0 heterocycles. The van der Waals surface area contributed by atoms with E-state index < -0.39 is 23.4 Å². The lowest BCUT2D eigenvalue weighted by Crippen LogP contribution is -2.75. The average molecular weight is 188 g/mol. The molecule has 1 aliphatic rings. The first-order valence-electron chi connectivity index (χ1n) is 3.64. The Balaban J connectivity index is 2.98. The van der Waals surface area contributed by atoms with Gasteiger partial charge < -0.3 is 0 Å². The van der Waals surface area contributed by atoms with Crippen molar-refractivity contribution in [3.05, 3.63) is 0 Å². The highest BCUT2D eigenvalue weighted by atomic mass is 19.3. The molecule has 0 aromatic rings.